The number of benzene rings is 1. The lowest BCUT2D eigenvalue weighted by Gasteiger charge is -2.35. The second-order valence-corrected chi connectivity index (χ2v) is 6.00. The lowest BCUT2D eigenvalue weighted by molar-refractivity contribution is -0.0378. The maximum absolute atomic E-state index is 13.9. The lowest BCUT2D eigenvalue weighted by Crippen LogP contribution is -2.50. The Balaban J connectivity index is 2.92. The maximum atomic E-state index is 13.9. The number of nitrogens with one attached hydrogen (secondary N) is 1. The van der Waals surface area contributed by atoms with Crippen molar-refractivity contribution < 1.29 is 9.13 Å². The molecule has 0 aliphatic carbocycles. The summed E-state index contributed by atoms with van der Waals surface area (Å²) in [6.45, 7) is 9.59. The van der Waals surface area contributed by atoms with E-state index >= 15 is 0 Å². The van der Waals surface area contributed by atoms with Gasteiger partial charge in [-0.3, -0.25) is 0 Å². The van der Waals surface area contributed by atoms with E-state index in [-0.39, 0.29) is 17.5 Å². The summed E-state index contributed by atoms with van der Waals surface area (Å²) in [6.07, 6.45) is 0.603. The van der Waals surface area contributed by atoms with E-state index in [1.807, 2.05) is 33.8 Å². The third-order valence-corrected chi connectivity index (χ3v) is 3.73. The molecule has 0 aromatic heterocycles. The standard InChI is InChI=1S/C15H23BrFNO/c1-5-18-14(15(3,4)19-6-2)10-11-9-12(16)7-8-13(11)17/h7-9,14,18H,5-6,10H2,1-4H3. The molecular formula is C15H23BrFNO. The minimum Gasteiger partial charge on any atom is -0.374 e. The Hall–Kier alpha value is -0.450. The minimum absolute atomic E-state index is 0.0706. The van der Waals surface area contributed by atoms with Gasteiger partial charge < -0.3 is 10.1 Å². The number of rotatable bonds is 7. The van der Waals surface area contributed by atoms with Crippen LogP contribution in [-0.4, -0.2) is 24.8 Å². The zero-order valence-corrected chi connectivity index (χ0v) is 13.7. The summed E-state index contributed by atoms with van der Waals surface area (Å²) in [4.78, 5) is 0. The summed E-state index contributed by atoms with van der Waals surface area (Å²) in [5.74, 6) is -0.168. The summed E-state index contributed by atoms with van der Waals surface area (Å²) in [6, 6.07) is 5.12. The van der Waals surface area contributed by atoms with Gasteiger partial charge in [-0.1, -0.05) is 22.9 Å². The highest BCUT2D eigenvalue weighted by Gasteiger charge is 2.30. The van der Waals surface area contributed by atoms with Crippen molar-refractivity contribution in [3.05, 3.63) is 34.1 Å². The van der Waals surface area contributed by atoms with E-state index in [2.05, 4.69) is 21.2 Å². The molecule has 1 atom stereocenters. The van der Waals surface area contributed by atoms with E-state index in [4.69, 9.17) is 4.74 Å². The van der Waals surface area contributed by atoms with Gasteiger partial charge in [-0.15, -0.1) is 0 Å². The normalized spacial score (nSPS) is 13.6. The summed E-state index contributed by atoms with van der Waals surface area (Å²) in [7, 11) is 0. The first-order valence-electron chi connectivity index (χ1n) is 6.72. The largest absolute Gasteiger partial charge is 0.374 e. The van der Waals surface area contributed by atoms with Gasteiger partial charge in [0.05, 0.1) is 5.60 Å². The van der Waals surface area contributed by atoms with Crippen molar-refractivity contribution in [3.63, 3.8) is 0 Å². The van der Waals surface area contributed by atoms with Gasteiger partial charge in [-0.25, -0.2) is 4.39 Å². The average Bonchev–Trinajstić information content (AvgIpc) is 2.33. The summed E-state index contributed by atoms with van der Waals surface area (Å²) >= 11 is 3.39. The van der Waals surface area contributed by atoms with Gasteiger partial charge in [0.25, 0.3) is 0 Å². The maximum Gasteiger partial charge on any atom is 0.126 e. The Labute approximate surface area is 123 Å². The number of likely N-dealkylation sites (N-methyl/N-ethyl adjacent to an activating group) is 1. The minimum atomic E-state index is -0.334. The van der Waals surface area contributed by atoms with Gasteiger partial charge in [0.2, 0.25) is 0 Å². The molecule has 0 radical (unpaired) electrons. The summed E-state index contributed by atoms with van der Waals surface area (Å²) in [5, 5.41) is 3.40. The Kier molecular flexibility index (Phi) is 6.43. The quantitative estimate of drug-likeness (QED) is 0.817. The fourth-order valence-corrected chi connectivity index (χ4v) is 2.61. The van der Waals surface area contributed by atoms with Gasteiger partial charge in [0.15, 0.2) is 0 Å². The molecule has 0 heterocycles. The predicted octanol–water partition coefficient (Wildman–Crippen LogP) is 3.92. The molecule has 1 aromatic rings. The molecule has 1 unspecified atom stereocenters. The molecule has 0 fully saturated rings. The molecule has 19 heavy (non-hydrogen) atoms. The first-order valence-corrected chi connectivity index (χ1v) is 7.51. The molecule has 4 heteroatoms. The molecular weight excluding hydrogens is 309 g/mol. The number of halogens is 2. The van der Waals surface area contributed by atoms with Crippen molar-refractivity contribution >= 4 is 15.9 Å². The van der Waals surface area contributed by atoms with Crippen LogP contribution in [0, 0.1) is 5.82 Å². The molecule has 0 amide bonds. The van der Waals surface area contributed by atoms with Gasteiger partial charge in [-0.05, 0) is 57.5 Å². The van der Waals surface area contributed by atoms with Crippen molar-refractivity contribution in [1.29, 1.82) is 0 Å². The highest BCUT2D eigenvalue weighted by Crippen LogP contribution is 2.22. The van der Waals surface area contributed by atoms with Crippen LogP contribution < -0.4 is 5.32 Å². The van der Waals surface area contributed by atoms with Crippen molar-refractivity contribution in [3.8, 4) is 0 Å². The van der Waals surface area contributed by atoms with Crippen LogP contribution in [0.15, 0.2) is 22.7 Å². The number of hydrogen-bond acceptors (Lipinski definition) is 2. The third kappa shape index (κ3) is 4.86. The zero-order valence-electron chi connectivity index (χ0n) is 12.1. The monoisotopic (exact) mass is 331 g/mol. The molecule has 0 aliphatic heterocycles. The SMILES string of the molecule is CCNC(Cc1cc(Br)ccc1F)C(C)(C)OCC. The Morgan fingerprint density at radius 1 is 1.37 bits per heavy atom. The van der Waals surface area contributed by atoms with Crippen LogP contribution in [0.1, 0.15) is 33.3 Å². The highest BCUT2D eigenvalue weighted by molar-refractivity contribution is 9.10. The van der Waals surface area contributed by atoms with Gasteiger partial charge in [-0.2, -0.15) is 0 Å². The molecule has 0 saturated carbocycles. The fourth-order valence-electron chi connectivity index (χ4n) is 2.20. The highest BCUT2D eigenvalue weighted by atomic mass is 79.9. The van der Waals surface area contributed by atoms with Gasteiger partial charge in [0, 0.05) is 17.1 Å². The Morgan fingerprint density at radius 3 is 2.63 bits per heavy atom. The second-order valence-electron chi connectivity index (χ2n) is 5.09. The summed E-state index contributed by atoms with van der Waals surface area (Å²) in [5.41, 5.74) is 0.368. The lowest BCUT2D eigenvalue weighted by atomic mass is 9.91. The predicted molar refractivity (Wildman–Crippen MR) is 81.0 cm³/mol. The molecule has 0 saturated heterocycles. The smallest absolute Gasteiger partial charge is 0.126 e. The molecule has 108 valence electrons. The first-order chi connectivity index (χ1) is 8.90. The van der Waals surface area contributed by atoms with Crippen LogP contribution in [-0.2, 0) is 11.2 Å². The summed E-state index contributed by atoms with van der Waals surface area (Å²) < 4.78 is 20.5. The molecule has 0 spiro atoms. The molecule has 1 aromatic carbocycles. The average molecular weight is 332 g/mol. The topological polar surface area (TPSA) is 21.3 Å². The third-order valence-electron chi connectivity index (χ3n) is 3.24. The van der Waals surface area contributed by atoms with Crippen LogP contribution in [0.2, 0.25) is 0 Å². The van der Waals surface area contributed by atoms with Crippen LogP contribution in [0.3, 0.4) is 0 Å². The molecule has 1 rings (SSSR count). The fraction of sp³-hybridized carbons (Fsp3) is 0.600. The van der Waals surface area contributed by atoms with Crippen LogP contribution >= 0.6 is 15.9 Å². The van der Waals surface area contributed by atoms with Crippen molar-refractivity contribution in [2.45, 2.75) is 45.8 Å². The van der Waals surface area contributed by atoms with Crippen molar-refractivity contribution in [1.82, 2.24) is 5.32 Å². The molecule has 0 bridgehead atoms. The van der Waals surface area contributed by atoms with Crippen LogP contribution in [0.4, 0.5) is 4.39 Å². The molecule has 1 N–H and O–H groups in total. The van der Waals surface area contributed by atoms with Gasteiger partial charge >= 0.3 is 0 Å². The van der Waals surface area contributed by atoms with E-state index in [0.29, 0.717) is 18.6 Å². The molecule has 0 aliphatic rings. The van der Waals surface area contributed by atoms with E-state index in [9.17, 15) is 4.39 Å². The Bertz CT molecular complexity index is 409. The van der Waals surface area contributed by atoms with E-state index < -0.39 is 0 Å². The van der Waals surface area contributed by atoms with E-state index in [0.717, 1.165) is 11.0 Å². The van der Waals surface area contributed by atoms with Crippen LogP contribution in [0.25, 0.3) is 0 Å². The van der Waals surface area contributed by atoms with E-state index in [1.54, 1.807) is 6.07 Å². The molecule has 2 nitrogen and oxygen atoms in total. The second kappa shape index (κ2) is 7.36. The van der Waals surface area contributed by atoms with E-state index in [1.165, 1.54) is 6.07 Å². The zero-order chi connectivity index (χ0) is 14.5. The van der Waals surface area contributed by atoms with Crippen molar-refractivity contribution in [2.24, 2.45) is 0 Å². The number of hydrogen-bond donors (Lipinski definition) is 1. The first kappa shape index (κ1) is 16.6. The van der Waals surface area contributed by atoms with Gasteiger partial charge in [0.1, 0.15) is 5.82 Å². The number of ether oxygens (including phenoxy) is 1. The van der Waals surface area contributed by atoms with Crippen molar-refractivity contribution in [2.75, 3.05) is 13.2 Å². The van der Waals surface area contributed by atoms with Crippen LogP contribution in [0.5, 0.6) is 0 Å². The Morgan fingerprint density at radius 2 is 2.05 bits per heavy atom.